The number of hydrazone groups is 1. The van der Waals surface area contributed by atoms with Gasteiger partial charge in [0.15, 0.2) is 0 Å². The molecule has 40 heavy (non-hydrogen) atoms. The zero-order valence-electron chi connectivity index (χ0n) is 24.3. The molecule has 2 heterocycles. The van der Waals surface area contributed by atoms with Gasteiger partial charge in [0.1, 0.15) is 22.8 Å². The van der Waals surface area contributed by atoms with Crippen LogP contribution in [0.3, 0.4) is 0 Å². The highest BCUT2D eigenvalue weighted by Gasteiger charge is 2.57. The van der Waals surface area contributed by atoms with E-state index in [-0.39, 0.29) is 18.1 Å². The Morgan fingerprint density at radius 3 is 1.82 bits per heavy atom. The lowest BCUT2D eigenvalue weighted by molar-refractivity contribution is -0.115. The van der Waals surface area contributed by atoms with Gasteiger partial charge in [0.05, 0.1) is 0 Å². The summed E-state index contributed by atoms with van der Waals surface area (Å²) in [6.07, 6.45) is 0.175. The highest BCUT2D eigenvalue weighted by atomic mass is 16.5. The number of carbonyl (C=O) groups is 2. The van der Waals surface area contributed by atoms with Crippen LogP contribution in [-0.2, 0) is 10.3 Å². The molecule has 0 aliphatic carbocycles. The summed E-state index contributed by atoms with van der Waals surface area (Å²) < 4.78 is 6.70. The Morgan fingerprint density at radius 2 is 1.32 bits per heavy atom. The molecule has 1 spiro atoms. The van der Waals surface area contributed by atoms with Gasteiger partial charge in [0.25, 0.3) is 5.91 Å². The van der Waals surface area contributed by atoms with Gasteiger partial charge in [-0.25, -0.2) is 5.01 Å². The maximum absolute atomic E-state index is 14.1. The van der Waals surface area contributed by atoms with Gasteiger partial charge in [-0.1, -0.05) is 30.3 Å². The summed E-state index contributed by atoms with van der Waals surface area (Å²) in [6.45, 7) is 15.4. The first kappa shape index (κ1) is 27.4. The van der Waals surface area contributed by atoms with Gasteiger partial charge < -0.3 is 14.5 Å². The van der Waals surface area contributed by atoms with Crippen molar-refractivity contribution in [1.82, 2.24) is 5.01 Å². The molecule has 0 N–H and O–H groups in total. The molecular formula is C33H38N4O3. The first-order chi connectivity index (χ1) is 19.3. The lowest BCUT2D eigenvalue weighted by atomic mass is 9.75. The number of nitrogens with zero attached hydrogens (tertiary/aromatic N) is 4. The van der Waals surface area contributed by atoms with Crippen LogP contribution in [0.2, 0.25) is 0 Å². The normalized spacial score (nSPS) is 14.9. The molecule has 2 aliphatic heterocycles. The fraction of sp³-hybridized carbons (Fsp3) is 0.364. The third-order valence-corrected chi connectivity index (χ3v) is 8.02. The van der Waals surface area contributed by atoms with E-state index in [1.54, 1.807) is 11.9 Å². The lowest BCUT2D eigenvalue weighted by Gasteiger charge is -2.42. The lowest BCUT2D eigenvalue weighted by Crippen LogP contribution is -2.45. The summed E-state index contributed by atoms with van der Waals surface area (Å²) in [7, 11) is 0. The number of amides is 1. The predicted molar refractivity (Wildman–Crippen MR) is 161 cm³/mol. The Hall–Kier alpha value is -4.13. The van der Waals surface area contributed by atoms with Crippen molar-refractivity contribution < 1.29 is 14.3 Å². The van der Waals surface area contributed by atoms with Crippen molar-refractivity contribution in [1.29, 1.82) is 0 Å². The van der Waals surface area contributed by atoms with E-state index >= 15 is 0 Å². The van der Waals surface area contributed by atoms with Crippen LogP contribution in [0, 0.1) is 0 Å². The van der Waals surface area contributed by atoms with Crippen molar-refractivity contribution >= 4 is 28.8 Å². The summed E-state index contributed by atoms with van der Waals surface area (Å²) in [5.41, 5.74) is 4.82. The smallest absolute Gasteiger partial charge is 0.275 e. The van der Waals surface area contributed by atoms with Gasteiger partial charge in [-0.05, 0) is 59.7 Å². The number of ether oxygens (including phenoxy) is 1. The molecule has 0 saturated heterocycles. The van der Waals surface area contributed by atoms with Gasteiger partial charge in [-0.3, -0.25) is 9.59 Å². The molecule has 3 aromatic rings. The molecule has 0 unspecified atom stereocenters. The monoisotopic (exact) mass is 538 g/mol. The van der Waals surface area contributed by atoms with Crippen molar-refractivity contribution in [2.75, 3.05) is 36.0 Å². The standard InChI is InChI=1S/C33H38N4O3/c1-7-35(8-2)24-15-17-28-30(20-24)40-31-21-25(36(9-3)10-4)16-18-29(31)33(28)27-14-12-11-13-26(27)32(39)37(33)34-22(5)19-23(6)38/h11-18,20-21H,7-10,19H2,1-6H3/b34-22+. The van der Waals surface area contributed by atoms with Crippen LogP contribution < -0.4 is 14.5 Å². The number of rotatable bonds is 9. The number of hydrogen-bond donors (Lipinski definition) is 0. The summed E-state index contributed by atoms with van der Waals surface area (Å²) in [5.74, 6) is 1.20. The van der Waals surface area contributed by atoms with E-state index in [0.717, 1.165) is 54.2 Å². The fourth-order valence-electron chi connectivity index (χ4n) is 6.19. The van der Waals surface area contributed by atoms with Crippen molar-refractivity contribution in [2.45, 2.75) is 53.5 Å². The zero-order valence-corrected chi connectivity index (χ0v) is 24.3. The van der Waals surface area contributed by atoms with Gasteiger partial charge in [-0.2, -0.15) is 5.10 Å². The first-order valence-electron chi connectivity index (χ1n) is 14.2. The number of ketones is 1. The molecule has 2 aliphatic rings. The molecule has 3 aromatic carbocycles. The topological polar surface area (TPSA) is 65.5 Å². The van der Waals surface area contributed by atoms with Gasteiger partial charge in [0.2, 0.25) is 0 Å². The van der Waals surface area contributed by atoms with Crippen molar-refractivity contribution in [2.24, 2.45) is 5.10 Å². The molecule has 0 aromatic heterocycles. The largest absolute Gasteiger partial charge is 0.456 e. The molecule has 0 bridgehead atoms. The van der Waals surface area contributed by atoms with Gasteiger partial charge in [-0.15, -0.1) is 0 Å². The van der Waals surface area contributed by atoms with Crippen LogP contribution in [0.15, 0.2) is 65.8 Å². The Kier molecular flexibility index (Phi) is 7.41. The predicted octanol–water partition coefficient (Wildman–Crippen LogP) is 6.59. The van der Waals surface area contributed by atoms with E-state index in [1.807, 2.05) is 24.3 Å². The van der Waals surface area contributed by atoms with Crippen LogP contribution in [0.5, 0.6) is 11.5 Å². The van der Waals surface area contributed by atoms with Crippen molar-refractivity contribution in [3.05, 3.63) is 82.9 Å². The Labute approximate surface area is 237 Å². The minimum atomic E-state index is -1.04. The summed E-state index contributed by atoms with van der Waals surface area (Å²) in [5, 5.41) is 6.46. The molecule has 1 amide bonds. The highest BCUT2D eigenvalue weighted by Crippen LogP contribution is 2.58. The highest BCUT2D eigenvalue weighted by molar-refractivity contribution is 6.04. The molecule has 5 rings (SSSR count). The zero-order chi connectivity index (χ0) is 28.6. The van der Waals surface area contributed by atoms with E-state index in [4.69, 9.17) is 9.84 Å². The SMILES string of the molecule is CCN(CC)c1ccc2c(c1)Oc1cc(N(CC)CC)ccc1C21c2ccccc2C(=O)N1/N=C(\C)CC(C)=O. The van der Waals surface area contributed by atoms with E-state index in [2.05, 4.69) is 73.9 Å². The molecule has 0 saturated carbocycles. The van der Waals surface area contributed by atoms with Crippen LogP contribution in [0.4, 0.5) is 11.4 Å². The van der Waals surface area contributed by atoms with Crippen molar-refractivity contribution in [3.8, 4) is 11.5 Å². The number of Topliss-reactive ketones (excluding diaryl/α,β-unsaturated/α-hetero) is 1. The van der Waals surface area contributed by atoms with E-state index in [1.165, 1.54) is 6.92 Å². The second-order valence-corrected chi connectivity index (χ2v) is 10.4. The van der Waals surface area contributed by atoms with Crippen LogP contribution >= 0.6 is 0 Å². The molecule has 7 heteroatoms. The third kappa shape index (κ3) is 4.24. The van der Waals surface area contributed by atoms with Gasteiger partial charge >= 0.3 is 0 Å². The second kappa shape index (κ2) is 10.8. The molecule has 0 radical (unpaired) electrons. The quantitative estimate of drug-likeness (QED) is 0.288. The minimum absolute atomic E-state index is 0.0000308. The Bertz CT molecular complexity index is 1430. The molecule has 0 atom stereocenters. The molecule has 7 nitrogen and oxygen atoms in total. The summed E-state index contributed by atoms with van der Waals surface area (Å²) in [4.78, 5) is 30.7. The van der Waals surface area contributed by atoms with E-state index in [0.29, 0.717) is 22.8 Å². The first-order valence-corrected chi connectivity index (χ1v) is 14.2. The van der Waals surface area contributed by atoms with E-state index in [9.17, 15) is 9.59 Å². The van der Waals surface area contributed by atoms with Crippen LogP contribution in [0.25, 0.3) is 0 Å². The number of benzene rings is 3. The number of carbonyl (C=O) groups excluding carboxylic acids is 2. The Morgan fingerprint density at radius 1 is 0.800 bits per heavy atom. The molecule has 0 fully saturated rings. The van der Waals surface area contributed by atoms with E-state index < -0.39 is 5.54 Å². The number of fused-ring (bicyclic) bond motifs is 6. The maximum atomic E-state index is 14.1. The number of hydrogen-bond acceptors (Lipinski definition) is 6. The third-order valence-electron chi connectivity index (χ3n) is 8.02. The fourth-order valence-corrected chi connectivity index (χ4v) is 6.19. The number of anilines is 2. The van der Waals surface area contributed by atoms with Crippen molar-refractivity contribution in [3.63, 3.8) is 0 Å². The Balaban J connectivity index is 1.85. The average Bonchev–Trinajstić information content (AvgIpc) is 3.18. The van der Waals surface area contributed by atoms with Crippen LogP contribution in [-0.4, -0.2) is 48.6 Å². The molecule has 208 valence electrons. The summed E-state index contributed by atoms with van der Waals surface area (Å²) >= 11 is 0. The average molecular weight is 539 g/mol. The molecular weight excluding hydrogens is 500 g/mol. The minimum Gasteiger partial charge on any atom is -0.456 e. The second-order valence-electron chi connectivity index (χ2n) is 10.4. The van der Waals surface area contributed by atoms with Gasteiger partial charge in [0, 0.05) is 84.1 Å². The van der Waals surface area contributed by atoms with Crippen LogP contribution in [0.1, 0.15) is 75.0 Å². The maximum Gasteiger partial charge on any atom is 0.275 e. The summed E-state index contributed by atoms with van der Waals surface area (Å²) in [6, 6.07) is 20.2.